The lowest BCUT2D eigenvalue weighted by atomic mass is 9.81. The lowest BCUT2D eigenvalue weighted by Gasteiger charge is -2.33. The molecule has 20 heteroatoms. The number of hydrogen-bond donors (Lipinski definition) is 4. The van der Waals surface area contributed by atoms with Gasteiger partial charge >= 0.3 is 6.18 Å². The van der Waals surface area contributed by atoms with Crippen molar-refractivity contribution in [3.05, 3.63) is 147 Å². The number of aryl methyl sites for hydroxylation is 1. The van der Waals surface area contributed by atoms with Gasteiger partial charge in [-0.1, -0.05) is 50.2 Å². The number of pyridine rings is 3. The maximum absolute atomic E-state index is 13.5. The number of carbonyl (C=O) groups is 2. The smallest absolute Gasteiger partial charge is 0.391 e. The van der Waals surface area contributed by atoms with Crippen molar-refractivity contribution in [2.75, 3.05) is 38.3 Å². The first-order chi connectivity index (χ1) is 34.8. The molecular weight excluding hydrogens is 984 g/mol. The Labute approximate surface area is 424 Å². The summed E-state index contributed by atoms with van der Waals surface area (Å²) in [7, 11) is -5.18. The number of rotatable bonds is 19. The minimum atomic E-state index is -4.15. The molecule has 2 amide bonds. The van der Waals surface area contributed by atoms with Crippen LogP contribution in [0, 0.1) is 11.8 Å². The number of alkyl halides is 3. The lowest BCUT2D eigenvalue weighted by molar-refractivity contribution is -0.184. The van der Waals surface area contributed by atoms with Crippen LogP contribution in [0.1, 0.15) is 136 Å². The molecule has 15 nitrogen and oxygen atoms in total. The summed E-state index contributed by atoms with van der Waals surface area (Å²) in [5.41, 5.74) is 6.74. The van der Waals surface area contributed by atoms with E-state index in [0.29, 0.717) is 50.0 Å². The van der Waals surface area contributed by atoms with Crippen LogP contribution in [0.15, 0.2) is 101 Å². The molecule has 2 aliphatic heterocycles. The fourth-order valence-corrected chi connectivity index (χ4v) is 12.5. The Morgan fingerprint density at radius 2 is 1.29 bits per heavy atom. The van der Waals surface area contributed by atoms with Crippen LogP contribution >= 0.6 is 0 Å². The predicted molar refractivity (Wildman–Crippen MR) is 267 cm³/mol. The van der Waals surface area contributed by atoms with Crippen molar-refractivity contribution in [1.29, 1.82) is 0 Å². The van der Waals surface area contributed by atoms with Crippen molar-refractivity contribution in [3.63, 3.8) is 0 Å². The molecular formula is C53H62F3N7O8S2. The normalized spacial score (nSPS) is 20.3. The van der Waals surface area contributed by atoms with Gasteiger partial charge in [-0.15, -0.1) is 0 Å². The Kier molecular flexibility index (Phi) is 16.5. The van der Waals surface area contributed by atoms with Crippen LogP contribution in [0.2, 0.25) is 0 Å². The van der Waals surface area contributed by atoms with Crippen molar-refractivity contribution in [2.24, 2.45) is 11.8 Å². The highest BCUT2D eigenvalue weighted by atomic mass is 32.2. The van der Waals surface area contributed by atoms with Crippen molar-refractivity contribution in [2.45, 2.75) is 112 Å². The first-order valence-corrected chi connectivity index (χ1v) is 28.0. The number of benzene rings is 2. The largest absolute Gasteiger partial charge is 0.394 e. The molecule has 0 unspecified atom stereocenters. The maximum atomic E-state index is 13.5. The average molecular weight is 1050 g/mol. The number of hydrogen-bond acceptors (Lipinski definition) is 13. The number of aliphatic hydroxyl groups excluding tert-OH is 2. The molecule has 8 rings (SSSR count). The van der Waals surface area contributed by atoms with E-state index in [1.807, 2.05) is 38.2 Å². The molecule has 5 aromatic rings. The monoisotopic (exact) mass is 1050 g/mol. The third-order valence-electron chi connectivity index (χ3n) is 14.7. The number of carbonyl (C=O) groups excluding carboxylic acids is 2. The molecule has 5 heterocycles. The lowest BCUT2D eigenvalue weighted by Crippen LogP contribution is -2.33. The van der Waals surface area contributed by atoms with Gasteiger partial charge < -0.3 is 20.8 Å². The predicted octanol–water partition coefficient (Wildman–Crippen LogP) is 6.97. The number of likely N-dealkylation sites (N-methyl/N-ethyl adjacent to an activating group) is 1. The van der Waals surface area contributed by atoms with E-state index >= 15 is 0 Å². The second-order valence-electron chi connectivity index (χ2n) is 19.5. The zero-order valence-corrected chi connectivity index (χ0v) is 42.7. The first kappa shape index (κ1) is 53.6. The highest BCUT2D eigenvalue weighted by molar-refractivity contribution is 7.91. The number of aliphatic hydroxyl groups is 2. The highest BCUT2D eigenvalue weighted by Crippen LogP contribution is 2.42. The number of nitrogens with one attached hydrogen (secondary N) is 2. The standard InChI is InChI=1S/C53H62F3N7O8S2/c1-4-47-49-40(30-63(47)28-35-10-14-41(15-11-35)53(54,55)56)24-38(25-58-49)52(67)61-46(32-65)44-19-18-43(27-57-44)73(70,71)21-20-33-6-8-34(9-7-33)22-48-50-39(29-62(48)3)23-37(26-59-50)51(66)60-45(31-64)36-12-16-42(17-13-36)72(68,69)5-2/h6-9,12-13,16-19,23-27,35,41,45-48,64-65H,4-5,10-11,14-15,20-22,28-32H2,1-3H3,(H,60,66)(H,61,67)/t35-,41-,45-,46-,47-,48+/m0/s1. The number of sulfone groups is 2. The van der Waals surface area contributed by atoms with Crippen LogP contribution in [0.5, 0.6) is 0 Å². The van der Waals surface area contributed by atoms with Gasteiger partial charge in [-0.2, -0.15) is 13.2 Å². The van der Waals surface area contributed by atoms with E-state index in [4.69, 9.17) is 0 Å². The third-order valence-corrected chi connectivity index (χ3v) is 18.1. The van der Waals surface area contributed by atoms with Gasteiger partial charge in [0.25, 0.3) is 11.8 Å². The summed E-state index contributed by atoms with van der Waals surface area (Å²) in [5, 5.41) is 25.9. The molecule has 1 aliphatic carbocycles. The first-order valence-electron chi connectivity index (χ1n) is 24.7. The Morgan fingerprint density at radius 3 is 1.85 bits per heavy atom. The molecule has 0 saturated heterocycles. The van der Waals surface area contributed by atoms with Crippen molar-refractivity contribution in [3.8, 4) is 0 Å². The van der Waals surface area contributed by atoms with Crippen LogP contribution < -0.4 is 10.6 Å². The van der Waals surface area contributed by atoms with Gasteiger partial charge in [0.1, 0.15) is 0 Å². The zero-order valence-electron chi connectivity index (χ0n) is 41.1. The number of fused-ring (bicyclic) bond motifs is 2. The van der Waals surface area contributed by atoms with Crippen LogP contribution in [0.3, 0.4) is 0 Å². The molecule has 0 radical (unpaired) electrons. The molecule has 390 valence electrons. The van der Waals surface area contributed by atoms with E-state index in [2.05, 4.69) is 35.4 Å². The van der Waals surface area contributed by atoms with Gasteiger partial charge in [-0.25, -0.2) is 16.8 Å². The van der Waals surface area contributed by atoms with Gasteiger partial charge in [0.15, 0.2) is 19.7 Å². The van der Waals surface area contributed by atoms with E-state index in [0.717, 1.165) is 40.1 Å². The Balaban J connectivity index is 0.820. The summed E-state index contributed by atoms with van der Waals surface area (Å²) in [5.74, 6) is -2.21. The van der Waals surface area contributed by atoms with Crippen LogP contribution in [-0.2, 0) is 45.6 Å². The molecule has 2 aromatic carbocycles. The minimum Gasteiger partial charge on any atom is -0.394 e. The summed E-state index contributed by atoms with van der Waals surface area (Å²) in [6.45, 7) is 4.46. The summed E-state index contributed by atoms with van der Waals surface area (Å²) in [6, 6.07) is 18.5. The van der Waals surface area contributed by atoms with Gasteiger partial charge in [0, 0.05) is 38.2 Å². The zero-order chi connectivity index (χ0) is 52.2. The number of nitrogens with zero attached hydrogens (tertiary/aromatic N) is 5. The fourth-order valence-electron chi connectivity index (χ4n) is 10.4. The molecule has 0 spiro atoms. The van der Waals surface area contributed by atoms with E-state index in [9.17, 15) is 49.8 Å². The summed E-state index contributed by atoms with van der Waals surface area (Å²) in [4.78, 5) is 45.0. The van der Waals surface area contributed by atoms with Crippen LogP contribution in [0.25, 0.3) is 0 Å². The van der Waals surface area contributed by atoms with Crippen molar-refractivity contribution in [1.82, 2.24) is 35.4 Å². The Bertz CT molecular complexity index is 2990. The molecule has 1 fully saturated rings. The number of aromatic nitrogens is 3. The molecule has 3 aliphatic rings. The molecule has 0 bridgehead atoms. The van der Waals surface area contributed by atoms with Gasteiger partial charge in [0.2, 0.25) is 0 Å². The maximum Gasteiger partial charge on any atom is 0.391 e. The molecule has 4 N–H and O–H groups in total. The fraction of sp³-hybridized carbons (Fsp3) is 0.453. The molecule has 1 saturated carbocycles. The van der Waals surface area contributed by atoms with Gasteiger partial charge in [0.05, 0.1) is 92.8 Å². The summed E-state index contributed by atoms with van der Waals surface area (Å²) in [6.07, 6.45) is 3.03. The van der Waals surface area contributed by atoms with Gasteiger partial charge in [-0.3, -0.25) is 34.3 Å². The average Bonchev–Trinajstić information content (AvgIpc) is 3.90. The molecule has 4 atom stereocenters. The van der Waals surface area contributed by atoms with E-state index in [1.165, 1.54) is 42.9 Å². The minimum absolute atomic E-state index is 0.00230. The van der Waals surface area contributed by atoms with Crippen LogP contribution in [-0.4, -0.2) is 108 Å². The highest BCUT2D eigenvalue weighted by Gasteiger charge is 2.42. The van der Waals surface area contributed by atoms with Crippen LogP contribution in [0.4, 0.5) is 13.2 Å². The topological polar surface area (TPSA) is 212 Å². The van der Waals surface area contributed by atoms with Crippen molar-refractivity contribution < 1.29 is 49.8 Å². The Morgan fingerprint density at radius 1 is 0.712 bits per heavy atom. The summed E-state index contributed by atoms with van der Waals surface area (Å²) < 4.78 is 91.1. The third kappa shape index (κ3) is 12.3. The molecule has 73 heavy (non-hydrogen) atoms. The van der Waals surface area contributed by atoms with E-state index in [1.54, 1.807) is 31.2 Å². The Hall–Kier alpha value is -5.64. The second kappa shape index (κ2) is 22.5. The number of halogens is 3. The van der Waals surface area contributed by atoms with E-state index in [-0.39, 0.29) is 69.8 Å². The quantitative estimate of drug-likeness (QED) is 0.0659. The van der Waals surface area contributed by atoms with E-state index < -0.39 is 68.9 Å². The molecule has 3 aromatic heterocycles. The second-order valence-corrected chi connectivity index (χ2v) is 23.9. The number of amides is 2. The SMILES string of the molecule is CC[C@H]1c2ncc(C(=O)N[C@@H](CO)c3ccc(S(=O)(=O)CCc4ccc(C[C@@H]5c6ncc(C(=O)N[C@@H](CO)c7ccc(S(=O)(=O)CC)cc7)cc6CN5C)cc4)cn3)cc2CN1C[C@H]1CC[C@H](C(F)(F)F)CC1. The summed E-state index contributed by atoms with van der Waals surface area (Å²) >= 11 is 0. The van der Waals surface area contributed by atoms with Gasteiger partial charge in [-0.05, 0) is 122 Å². The van der Waals surface area contributed by atoms with Crippen molar-refractivity contribution >= 4 is 31.5 Å².